The number of benzene rings is 1. The van der Waals surface area contributed by atoms with Gasteiger partial charge in [0.1, 0.15) is 0 Å². The molecule has 2 atom stereocenters. The molecule has 0 spiro atoms. The predicted molar refractivity (Wildman–Crippen MR) is 73.2 cm³/mol. The van der Waals surface area contributed by atoms with Crippen molar-refractivity contribution in [2.45, 2.75) is 32.2 Å². The Kier molecular flexibility index (Phi) is 3.99. The van der Waals surface area contributed by atoms with E-state index in [-0.39, 0.29) is 11.9 Å². The molecular formula is C14H21N3O. The highest BCUT2D eigenvalue weighted by molar-refractivity contribution is 5.93. The monoisotopic (exact) mass is 247 g/mol. The van der Waals surface area contributed by atoms with E-state index in [1.165, 1.54) is 5.56 Å². The van der Waals surface area contributed by atoms with Crippen molar-refractivity contribution in [3.63, 3.8) is 0 Å². The largest absolute Gasteiger partial charge is 0.330 e. The minimum atomic E-state index is 0.0106. The highest BCUT2D eigenvalue weighted by Gasteiger charge is 2.18. The summed E-state index contributed by atoms with van der Waals surface area (Å²) in [7, 11) is 0. The summed E-state index contributed by atoms with van der Waals surface area (Å²) in [4.78, 5) is 11.3. The first kappa shape index (κ1) is 13.1. The lowest BCUT2D eigenvalue weighted by Crippen LogP contribution is -2.23. The van der Waals surface area contributed by atoms with Crippen LogP contribution in [0.4, 0.5) is 5.69 Å². The highest BCUT2D eigenvalue weighted by atomic mass is 16.1. The second-order valence-corrected chi connectivity index (χ2v) is 5.05. The summed E-state index contributed by atoms with van der Waals surface area (Å²) in [6, 6.07) is 6.09. The first-order valence-electron chi connectivity index (χ1n) is 6.50. The van der Waals surface area contributed by atoms with Gasteiger partial charge in [-0.25, -0.2) is 0 Å². The van der Waals surface area contributed by atoms with E-state index in [0.29, 0.717) is 18.9 Å². The van der Waals surface area contributed by atoms with Gasteiger partial charge in [0.15, 0.2) is 0 Å². The summed E-state index contributed by atoms with van der Waals surface area (Å²) in [5, 5.41) is 2.88. The van der Waals surface area contributed by atoms with E-state index in [9.17, 15) is 4.79 Å². The zero-order valence-corrected chi connectivity index (χ0v) is 10.8. The molecule has 0 saturated heterocycles. The molecule has 0 fully saturated rings. The minimum absolute atomic E-state index is 0.0106. The molecule has 1 aromatic carbocycles. The molecule has 0 radical (unpaired) electrons. The molecule has 4 nitrogen and oxygen atoms in total. The summed E-state index contributed by atoms with van der Waals surface area (Å²) < 4.78 is 0. The van der Waals surface area contributed by atoms with Crippen molar-refractivity contribution in [3.8, 4) is 0 Å². The number of hydrogen-bond donors (Lipinski definition) is 3. The van der Waals surface area contributed by atoms with Crippen molar-refractivity contribution in [1.82, 2.24) is 0 Å². The van der Waals surface area contributed by atoms with Crippen molar-refractivity contribution in [2.24, 2.45) is 17.4 Å². The van der Waals surface area contributed by atoms with Crippen molar-refractivity contribution < 1.29 is 4.79 Å². The van der Waals surface area contributed by atoms with Gasteiger partial charge >= 0.3 is 0 Å². The summed E-state index contributed by atoms with van der Waals surface area (Å²) in [5.74, 6) is 0.460. The van der Waals surface area contributed by atoms with Gasteiger partial charge in [0, 0.05) is 18.2 Å². The SMILES string of the molecule is CC(CCN)C(N)c1ccc2c(c1)CCC(=O)N2. The molecule has 0 saturated carbocycles. The van der Waals surface area contributed by atoms with E-state index in [1.54, 1.807) is 0 Å². The Bertz CT molecular complexity index is 445. The van der Waals surface area contributed by atoms with Crippen LogP contribution in [0.15, 0.2) is 18.2 Å². The second-order valence-electron chi connectivity index (χ2n) is 5.05. The van der Waals surface area contributed by atoms with Gasteiger partial charge in [-0.15, -0.1) is 0 Å². The van der Waals surface area contributed by atoms with Crippen molar-refractivity contribution in [2.75, 3.05) is 11.9 Å². The smallest absolute Gasteiger partial charge is 0.224 e. The fourth-order valence-corrected chi connectivity index (χ4v) is 2.38. The number of nitrogens with one attached hydrogen (secondary N) is 1. The average Bonchev–Trinajstić information content (AvgIpc) is 2.37. The lowest BCUT2D eigenvalue weighted by Gasteiger charge is -2.23. The number of amides is 1. The van der Waals surface area contributed by atoms with Crippen molar-refractivity contribution in [3.05, 3.63) is 29.3 Å². The number of fused-ring (bicyclic) bond motifs is 1. The Morgan fingerprint density at radius 3 is 2.89 bits per heavy atom. The molecule has 18 heavy (non-hydrogen) atoms. The minimum Gasteiger partial charge on any atom is -0.330 e. The maximum atomic E-state index is 11.3. The summed E-state index contributed by atoms with van der Waals surface area (Å²) in [6.07, 6.45) is 2.28. The Morgan fingerprint density at radius 2 is 2.17 bits per heavy atom. The normalized spacial score (nSPS) is 17.8. The molecule has 5 N–H and O–H groups in total. The maximum absolute atomic E-state index is 11.3. The van der Waals surface area contributed by atoms with Crippen LogP contribution in [0.25, 0.3) is 0 Å². The van der Waals surface area contributed by atoms with E-state index >= 15 is 0 Å². The molecule has 1 aliphatic rings. The molecular weight excluding hydrogens is 226 g/mol. The standard InChI is InChI=1S/C14H21N3O/c1-9(6-7-15)14(16)11-2-4-12-10(8-11)3-5-13(18)17-12/h2,4,8-9,14H,3,5-7,15-16H2,1H3,(H,17,18). The molecule has 1 heterocycles. The quantitative estimate of drug-likeness (QED) is 0.755. The third-order valence-electron chi connectivity index (χ3n) is 3.64. The molecule has 1 amide bonds. The van der Waals surface area contributed by atoms with Gasteiger partial charge in [0.2, 0.25) is 5.91 Å². The second kappa shape index (κ2) is 5.50. The van der Waals surface area contributed by atoms with Crippen LogP contribution in [0, 0.1) is 5.92 Å². The summed E-state index contributed by atoms with van der Waals surface area (Å²) in [6.45, 7) is 2.79. The molecule has 1 aromatic rings. The fraction of sp³-hybridized carbons (Fsp3) is 0.500. The fourth-order valence-electron chi connectivity index (χ4n) is 2.38. The molecule has 0 bridgehead atoms. The molecule has 0 aromatic heterocycles. The van der Waals surface area contributed by atoms with Crippen LogP contribution in [-0.2, 0) is 11.2 Å². The number of rotatable bonds is 4. The summed E-state index contributed by atoms with van der Waals surface area (Å²) >= 11 is 0. The van der Waals surface area contributed by atoms with Gasteiger partial charge in [0.05, 0.1) is 0 Å². The number of nitrogens with two attached hydrogens (primary N) is 2. The van der Waals surface area contributed by atoms with Crippen LogP contribution in [0.2, 0.25) is 0 Å². The molecule has 2 rings (SSSR count). The van der Waals surface area contributed by atoms with Crippen LogP contribution in [0.5, 0.6) is 0 Å². The van der Waals surface area contributed by atoms with Crippen molar-refractivity contribution >= 4 is 11.6 Å². The topological polar surface area (TPSA) is 81.1 Å². The van der Waals surface area contributed by atoms with Crippen LogP contribution in [0.3, 0.4) is 0 Å². The van der Waals surface area contributed by atoms with E-state index in [0.717, 1.165) is 24.1 Å². The molecule has 2 unspecified atom stereocenters. The van der Waals surface area contributed by atoms with E-state index in [1.807, 2.05) is 12.1 Å². The summed E-state index contributed by atoms with van der Waals surface area (Å²) in [5.41, 5.74) is 15.0. The van der Waals surface area contributed by atoms with Gasteiger partial charge in [-0.2, -0.15) is 0 Å². The third kappa shape index (κ3) is 2.71. The van der Waals surface area contributed by atoms with E-state index in [4.69, 9.17) is 11.5 Å². The van der Waals surface area contributed by atoms with Crippen LogP contribution < -0.4 is 16.8 Å². The van der Waals surface area contributed by atoms with Crippen LogP contribution in [0.1, 0.15) is 36.9 Å². The first-order valence-corrected chi connectivity index (χ1v) is 6.50. The predicted octanol–water partition coefficient (Wildman–Crippen LogP) is 1.56. The number of carbonyl (C=O) groups is 1. The molecule has 98 valence electrons. The molecule has 4 heteroatoms. The van der Waals surface area contributed by atoms with E-state index < -0.39 is 0 Å². The zero-order chi connectivity index (χ0) is 13.1. The van der Waals surface area contributed by atoms with Gasteiger partial charge < -0.3 is 16.8 Å². The van der Waals surface area contributed by atoms with Crippen molar-refractivity contribution in [1.29, 1.82) is 0 Å². The maximum Gasteiger partial charge on any atom is 0.224 e. The Morgan fingerprint density at radius 1 is 1.39 bits per heavy atom. The Labute approximate surface area is 108 Å². The molecule has 1 aliphatic heterocycles. The number of anilines is 1. The van der Waals surface area contributed by atoms with Gasteiger partial charge in [-0.3, -0.25) is 4.79 Å². The lowest BCUT2D eigenvalue weighted by molar-refractivity contribution is -0.116. The third-order valence-corrected chi connectivity index (χ3v) is 3.64. The van der Waals surface area contributed by atoms with Gasteiger partial charge in [0.25, 0.3) is 0 Å². The van der Waals surface area contributed by atoms with Gasteiger partial charge in [-0.05, 0) is 42.5 Å². The average molecular weight is 247 g/mol. The zero-order valence-electron chi connectivity index (χ0n) is 10.8. The Hall–Kier alpha value is -1.39. The highest BCUT2D eigenvalue weighted by Crippen LogP contribution is 2.28. The number of carbonyl (C=O) groups excluding carboxylic acids is 1. The Balaban J connectivity index is 2.18. The van der Waals surface area contributed by atoms with Crippen LogP contribution >= 0.6 is 0 Å². The lowest BCUT2D eigenvalue weighted by atomic mass is 9.90. The van der Waals surface area contributed by atoms with E-state index in [2.05, 4.69) is 18.3 Å². The first-order chi connectivity index (χ1) is 8.61. The van der Waals surface area contributed by atoms with Gasteiger partial charge in [-0.1, -0.05) is 19.1 Å². The van der Waals surface area contributed by atoms with Crippen LogP contribution in [-0.4, -0.2) is 12.5 Å². The number of aryl methyl sites for hydroxylation is 1. The molecule has 0 aliphatic carbocycles. The number of hydrogen-bond acceptors (Lipinski definition) is 3.